The average Bonchev–Trinajstić information content (AvgIpc) is 2.63. The fraction of sp³-hybridized carbons (Fsp3) is 0.211. The fourth-order valence-electron chi connectivity index (χ4n) is 2.33. The van der Waals surface area contributed by atoms with Gasteiger partial charge in [0.2, 0.25) is 0 Å². The van der Waals surface area contributed by atoms with Crippen LogP contribution in [0.15, 0.2) is 36.4 Å². The molecule has 0 spiro atoms. The molecule has 0 unspecified atom stereocenters. The van der Waals surface area contributed by atoms with Gasteiger partial charge in [-0.05, 0) is 61.5 Å². The quantitative estimate of drug-likeness (QED) is 0.626. The Morgan fingerprint density at radius 1 is 0.885 bits per heavy atom. The number of carbonyl (C=O) groups is 2. The van der Waals surface area contributed by atoms with Crippen LogP contribution in [0.4, 0.5) is 11.4 Å². The Balaban J connectivity index is 2.30. The first kappa shape index (κ1) is 19.4. The normalized spacial score (nSPS) is 10.0. The zero-order valence-electron chi connectivity index (χ0n) is 15.0. The second kappa shape index (κ2) is 8.44. The molecule has 0 aliphatic heterocycles. The maximum atomic E-state index is 12.0. The number of anilines is 2. The molecule has 0 aliphatic carbocycles. The first-order chi connectivity index (χ1) is 12.3. The molecule has 136 valence electrons. The van der Waals surface area contributed by atoms with E-state index in [2.05, 4.69) is 10.6 Å². The van der Waals surface area contributed by atoms with Gasteiger partial charge < -0.3 is 20.1 Å². The Kier molecular flexibility index (Phi) is 6.30. The van der Waals surface area contributed by atoms with E-state index in [1.807, 2.05) is 32.0 Å². The summed E-state index contributed by atoms with van der Waals surface area (Å²) in [6.45, 7) is 3.94. The van der Waals surface area contributed by atoms with Crippen LogP contribution in [0.1, 0.15) is 31.8 Å². The molecule has 0 heterocycles. The van der Waals surface area contributed by atoms with Crippen molar-refractivity contribution in [1.29, 1.82) is 0 Å². The predicted molar refractivity (Wildman–Crippen MR) is 105 cm³/mol. The van der Waals surface area contributed by atoms with Gasteiger partial charge in [-0.15, -0.1) is 0 Å². The van der Waals surface area contributed by atoms with Crippen molar-refractivity contribution < 1.29 is 19.1 Å². The Labute approximate surface area is 157 Å². The highest BCUT2D eigenvalue weighted by Gasteiger charge is 2.16. The molecule has 2 aromatic rings. The number of hydrogen-bond acceptors (Lipinski definition) is 5. The molecule has 7 heteroatoms. The first-order valence-electron chi connectivity index (χ1n) is 7.81. The van der Waals surface area contributed by atoms with Crippen molar-refractivity contribution in [3.05, 3.63) is 58.7 Å². The minimum atomic E-state index is -0.543. The SMILES string of the molecule is COC(=O)c1ccc(C(=O)OC)c(NC(=S)Nc2cc(C)ccc2C)c1. The van der Waals surface area contributed by atoms with Gasteiger partial charge in [0.25, 0.3) is 0 Å². The van der Waals surface area contributed by atoms with Gasteiger partial charge in [-0.1, -0.05) is 12.1 Å². The molecule has 0 amide bonds. The van der Waals surface area contributed by atoms with E-state index in [9.17, 15) is 9.59 Å². The van der Waals surface area contributed by atoms with Gasteiger partial charge in [0.15, 0.2) is 5.11 Å². The third-order valence-corrected chi connectivity index (χ3v) is 3.94. The summed E-state index contributed by atoms with van der Waals surface area (Å²) in [6, 6.07) is 10.4. The number of esters is 2. The molecule has 26 heavy (non-hydrogen) atoms. The summed E-state index contributed by atoms with van der Waals surface area (Å²) >= 11 is 5.35. The van der Waals surface area contributed by atoms with Crippen LogP contribution in [0.3, 0.4) is 0 Å². The number of carbonyl (C=O) groups excluding carboxylic acids is 2. The minimum Gasteiger partial charge on any atom is -0.465 e. The first-order valence-corrected chi connectivity index (χ1v) is 8.22. The van der Waals surface area contributed by atoms with E-state index < -0.39 is 11.9 Å². The number of benzene rings is 2. The van der Waals surface area contributed by atoms with Crippen molar-refractivity contribution in [3.63, 3.8) is 0 Å². The molecular formula is C19H20N2O4S. The second-order valence-corrected chi connectivity index (χ2v) is 6.05. The molecule has 2 rings (SSSR count). The Morgan fingerprint density at radius 2 is 1.54 bits per heavy atom. The lowest BCUT2D eigenvalue weighted by Crippen LogP contribution is -2.22. The van der Waals surface area contributed by atoms with Crippen molar-refractivity contribution in [1.82, 2.24) is 0 Å². The molecule has 6 nitrogen and oxygen atoms in total. The van der Waals surface area contributed by atoms with Crippen LogP contribution in [0, 0.1) is 13.8 Å². The lowest BCUT2D eigenvalue weighted by Gasteiger charge is -2.15. The van der Waals surface area contributed by atoms with E-state index >= 15 is 0 Å². The molecule has 0 atom stereocenters. The highest BCUT2D eigenvalue weighted by Crippen LogP contribution is 2.21. The van der Waals surface area contributed by atoms with E-state index in [-0.39, 0.29) is 16.2 Å². The molecule has 0 saturated heterocycles. The van der Waals surface area contributed by atoms with Crippen molar-refractivity contribution >= 4 is 40.6 Å². The van der Waals surface area contributed by atoms with E-state index in [1.165, 1.54) is 32.4 Å². The van der Waals surface area contributed by atoms with Crippen molar-refractivity contribution in [2.24, 2.45) is 0 Å². The third kappa shape index (κ3) is 4.58. The average molecular weight is 372 g/mol. The zero-order chi connectivity index (χ0) is 19.3. The minimum absolute atomic E-state index is 0.255. The molecule has 0 fully saturated rings. The fourth-order valence-corrected chi connectivity index (χ4v) is 2.55. The standard InChI is InChI=1S/C19H20N2O4S/c1-11-5-6-12(2)15(9-11)20-19(26)21-16-10-13(17(22)24-3)7-8-14(16)18(23)25-4/h5-10H,1-4H3,(H2,20,21,26). The lowest BCUT2D eigenvalue weighted by atomic mass is 10.1. The number of ether oxygens (including phenoxy) is 2. The summed E-state index contributed by atoms with van der Waals surface area (Å²) in [5, 5.41) is 6.33. The maximum absolute atomic E-state index is 12.0. The zero-order valence-corrected chi connectivity index (χ0v) is 15.8. The number of methoxy groups -OCH3 is 2. The smallest absolute Gasteiger partial charge is 0.339 e. The summed E-state index contributed by atoms with van der Waals surface area (Å²) in [4.78, 5) is 23.7. The molecule has 0 bridgehead atoms. The van der Waals surface area contributed by atoms with Crippen molar-refractivity contribution in [3.8, 4) is 0 Å². The molecule has 2 aromatic carbocycles. The molecule has 2 N–H and O–H groups in total. The highest BCUT2D eigenvalue weighted by atomic mass is 32.1. The van der Waals surface area contributed by atoms with E-state index in [4.69, 9.17) is 21.7 Å². The Bertz CT molecular complexity index is 865. The van der Waals surface area contributed by atoms with E-state index in [0.717, 1.165) is 16.8 Å². The van der Waals surface area contributed by atoms with Gasteiger partial charge in [0, 0.05) is 5.69 Å². The molecule has 0 radical (unpaired) electrons. The molecule has 0 aromatic heterocycles. The van der Waals surface area contributed by atoms with Crippen LogP contribution < -0.4 is 10.6 Å². The maximum Gasteiger partial charge on any atom is 0.339 e. The summed E-state index contributed by atoms with van der Waals surface area (Å²) in [7, 11) is 2.57. The van der Waals surface area contributed by atoms with Crippen molar-refractivity contribution in [2.75, 3.05) is 24.9 Å². The predicted octanol–water partition coefficient (Wildman–Crippen LogP) is 3.69. The highest BCUT2D eigenvalue weighted by molar-refractivity contribution is 7.80. The van der Waals surface area contributed by atoms with Gasteiger partial charge in [-0.2, -0.15) is 0 Å². The molecular weight excluding hydrogens is 352 g/mol. The molecule has 0 saturated carbocycles. The number of thiocarbonyl (C=S) groups is 1. The summed E-state index contributed by atoms with van der Waals surface area (Å²) in [5.74, 6) is -1.06. The summed E-state index contributed by atoms with van der Waals surface area (Å²) < 4.78 is 9.50. The van der Waals surface area contributed by atoms with Crippen LogP contribution in [0.25, 0.3) is 0 Å². The van der Waals surface area contributed by atoms with Crippen LogP contribution in [-0.4, -0.2) is 31.3 Å². The third-order valence-electron chi connectivity index (χ3n) is 3.74. The van der Waals surface area contributed by atoms with Gasteiger partial charge >= 0.3 is 11.9 Å². The van der Waals surface area contributed by atoms with Crippen LogP contribution in [0.5, 0.6) is 0 Å². The second-order valence-electron chi connectivity index (χ2n) is 5.64. The molecule has 0 aliphatic rings. The van der Waals surface area contributed by atoms with Gasteiger partial charge in [0.05, 0.1) is 31.0 Å². The largest absolute Gasteiger partial charge is 0.465 e. The van der Waals surface area contributed by atoms with E-state index in [1.54, 1.807) is 0 Å². The van der Waals surface area contributed by atoms with Crippen LogP contribution in [0.2, 0.25) is 0 Å². The van der Waals surface area contributed by atoms with Crippen LogP contribution in [-0.2, 0) is 9.47 Å². The Hall–Kier alpha value is -2.93. The lowest BCUT2D eigenvalue weighted by molar-refractivity contribution is 0.0587. The van der Waals surface area contributed by atoms with Gasteiger partial charge in [-0.25, -0.2) is 9.59 Å². The monoisotopic (exact) mass is 372 g/mol. The number of aryl methyl sites for hydroxylation is 2. The van der Waals surface area contributed by atoms with Gasteiger partial charge in [0.1, 0.15) is 0 Å². The number of rotatable bonds is 4. The number of hydrogen-bond donors (Lipinski definition) is 2. The topological polar surface area (TPSA) is 76.7 Å². The summed E-state index contributed by atoms with van der Waals surface area (Å²) in [5.41, 5.74) is 3.86. The summed E-state index contributed by atoms with van der Waals surface area (Å²) in [6.07, 6.45) is 0. The van der Waals surface area contributed by atoms with Crippen molar-refractivity contribution in [2.45, 2.75) is 13.8 Å². The van der Waals surface area contributed by atoms with Crippen LogP contribution >= 0.6 is 12.2 Å². The Morgan fingerprint density at radius 3 is 2.19 bits per heavy atom. The number of nitrogens with one attached hydrogen (secondary N) is 2. The van der Waals surface area contributed by atoms with E-state index in [0.29, 0.717) is 5.69 Å². The van der Waals surface area contributed by atoms with Gasteiger partial charge in [-0.3, -0.25) is 0 Å².